The van der Waals surface area contributed by atoms with Gasteiger partial charge in [0.1, 0.15) is 11.2 Å². The lowest BCUT2D eigenvalue weighted by molar-refractivity contribution is 0.590. The number of rotatable bonds is 6. The summed E-state index contributed by atoms with van der Waals surface area (Å²) in [5, 5.41) is 3.55. The summed E-state index contributed by atoms with van der Waals surface area (Å²) in [5.74, 6) is 0. The maximum absolute atomic E-state index is 7.61. The van der Waals surface area contributed by atoms with Crippen LogP contribution in [-0.4, -0.2) is 11.3 Å². The summed E-state index contributed by atoms with van der Waals surface area (Å²) >= 11 is 0. The van der Waals surface area contributed by atoms with Gasteiger partial charge >= 0.3 is 6.85 Å². The van der Waals surface area contributed by atoms with E-state index in [9.17, 15) is 0 Å². The van der Waals surface area contributed by atoms with Crippen molar-refractivity contribution in [2.75, 3.05) is 9.80 Å². The average Bonchev–Trinajstić information content (AvgIpc) is 2.25. The van der Waals surface area contributed by atoms with Gasteiger partial charge in [0.05, 0.1) is 17.1 Å². The van der Waals surface area contributed by atoms with Crippen LogP contribution in [0.1, 0.15) is 132 Å². The maximum Gasteiger partial charge on any atom is 0.375 e. The first kappa shape index (κ1) is 52.4. The van der Waals surface area contributed by atoms with Gasteiger partial charge in [0.2, 0.25) is 0 Å². The van der Waals surface area contributed by atoms with Crippen molar-refractivity contribution in [2.45, 2.75) is 131 Å². The summed E-state index contributed by atoms with van der Waals surface area (Å²) in [6.07, 6.45) is 0. The number of para-hydroxylation sites is 1. The molecule has 2 aromatic heterocycles. The van der Waals surface area contributed by atoms with Crippen LogP contribution in [0.2, 0.25) is 0 Å². The topological polar surface area (TPSA) is 24.6 Å². The predicted octanol–water partition coefficient (Wildman–Crippen LogP) is 20.2. The Labute approximate surface area is 481 Å². The summed E-state index contributed by atoms with van der Waals surface area (Å²) in [4.78, 5) is 5.09. The number of hydrogen-bond donors (Lipinski definition) is 0. The largest absolute Gasteiger partial charge is 0.466 e. The third kappa shape index (κ3) is 8.64. The second-order valence-electron chi connectivity index (χ2n) is 28.3. The molecule has 0 radical (unpaired) electrons. The van der Waals surface area contributed by atoms with E-state index in [4.69, 9.17) is 4.42 Å². The van der Waals surface area contributed by atoms with E-state index in [-0.39, 0.29) is 33.9 Å². The van der Waals surface area contributed by atoms with Crippen molar-refractivity contribution in [3.63, 3.8) is 0 Å². The minimum absolute atomic E-state index is 0.00682. The normalized spacial score (nSPS) is 13.6. The molecular formula is C76H76BN3O. The minimum Gasteiger partial charge on any atom is -0.466 e. The van der Waals surface area contributed by atoms with Crippen molar-refractivity contribution in [2.24, 2.45) is 0 Å². The van der Waals surface area contributed by atoms with Crippen LogP contribution in [0.15, 0.2) is 192 Å². The molecule has 0 bridgehead atoms. The number of furan rings is 1. The Morgan fingerprint density at radius 2 is 0.951 bits per heavy atom. The second-order valence-corrected chi connectivity index (χ2v) is 28.3. The second kappa shape index (κ2) is 18.2. The molecule has 5 heteroatoms. The maximum atomic E-state index is 7.61. The van der Waals surface area contributed by atoms with Crippen LogP contribution in [0.25, 0.3) is 66.2 Å². The first-order chi connectivity index (χ1) is 38.3. The highest BCUT2D eigenvalue weighted by Gasteiger charge is 2.48. The standard InChI is InChI=1S/C76H76BN3O/c1-72(2,3)50-29-26-47(27-30-50)49-28-41-66-61(42-49)70-71(81-66)77-68-59(45-54(76(13,14)15)46-65(68)79(70)56-35-31-51(32-36-56)73(4,5)6)57-37-40-64(67-60-44-53(75(10,11)12)34-39-63(60)80(77)69(57)67)78(55-24-20-17-21-25-55)62-38-33-52(74(7,8)9)43-58(62)48-22-18-16-19-23-48/h16-46H,1-15H3. The van der Waals surface area contributed by atoms with Crippen molar-refractivity contribution >= 4 is 84.9 Å². The molecule has 0 aliphatic carbocycles. The Hall–Kier alpha value is -8.02. The molecule has 0 saturated carbocycles. The lowest BCUT2D eigenvalue weighted by Gasteiger charge is -2.40. The molecule has 2 aliphatic rings. The Morgan fingerprint density at radius 3 is 1.58 bits per heavy atom. The SMILES string of the molecule is CC(C)(C)c1ccc(-c2ccc3oc4c(c3c2)N(c2ccc(C(C)(C)C)cc2)c2cc(C(C)(C)C)cc3c2B4n2c4ccc(C(C)(C)C)cc4c4c(N(c5ccccc5)c5ccc(C(C)(C)C)cc5-c5ccccc5)ccc-3c42)cc1. The third-order valence-electron chi connectivity index (χ3n) is 17.6. The molecular weight excluding hydrogens is 982 g/mol. The quantitative estimate of drug-likeness (QED) is 0.155. The number of benzene rings is 9. The van der Waals surface area contributed by atoms with E-state index in [0.29, 0.717) is 0 Å². The summed E-state index contributed by atoms with van der Waals surface area (Å²) in [6.45, 7) is 34.5. The van der Waals surface area contributed by atoms with Gasteiger partial charge in [-0.1, -0.05) is 219 Å². The van der Waals surface area contributed by atoms with Crippen LogP contribution in [0, 0.1) is 0 Å². The van der Waals surface area contributed by atoms with Gasteiger partial charge in [-0.25, -0.2) is 0 Å². The highest BCUT2D eigenvalue weighted by atomic mass is 16.3. The Bertz CT molecular complexity index is 4280. The molecule has 0 unspecified atom stereocenters. The molecule has 13 rings (SSSR count). The van der Waals surface area contributed by atoms with Crippen molar-refractivity contribution in [3.05, 3.63) is 216 Å². The molecule has 4 heterocycles. The van der Waals surface area contributed by atoms with E-state index >= 15 is 0 Å². The average molecular weight is 1060 g/mol. The zero-order valence-corrected chi connectivity index (χ0v) is 50.2. The molecule has 4 nitrogen and oxygen atoms in total. The molecule has 404 valence electrons. The monoisotopic (exact) mass is 1060 g/mol. The van der Waals surface area contributed by atoms with Crippen molar-refractivity contribution in [1.29, 1.82) is 0 Å². The number of aromatic nitrogens is 1. The fraction of sp³-hybridized carbons (Fsp3) is 0.263. The summed E-state index contributed by atoms with van der Waals surface area (Å²) in [6, 6.07) is 71.7. The fourth-order valence-electron chi connectivity index (χ4n) is 12.8. The van der Waals surface area contributed by atoms with Crippen LogP contribution in [0.3, 0.4) is 0 Å². The Morgan fingerprint density at radius 1 is 0.407 bits per heavy atom. The number of nitrogens with zero attached hydrogens (tertiary/aromatic N) is 3. The molecule has 0 amide bonds. The van der Waals surface area contributed by atoms with Gasteiger partial charge in [-0.3, -0.25) is 0 Å². The van der Waals surface area contributed by atoms with Gasteiger partial charge in [0.25, 0.3) is 0 Å². The van der Waals surface area contributed by atoms with Crippen molar-refractivity contribution in [3.8, 4) is 33.4 Å². The van der Waals surface area contributed by atoms with Crippen LogP contribution in [0.5, 0.6) is 0 Å². The van der Waals surface area contributed by atoms with E-state index in [1.54, 1.807) is 0 Å². The van der Waals surface area contributed by atoms with Gasteiger partial charge in [0, 0.05) is 55.4 Å². The molecule has 81 heavy (non-hydrogen) atoms. The number of anilines is 6. The van der Waals surface area contributed by atoms with E-state index in [1.807, 2.05) is 0 Å². The van der Waals surface area contributed by atoms with Gasteiger partial charge in [-0.2, -0.15) is 0 Å². The Balaban J connectivity index is 1.17. The summed E-state index contributed by atoms with van der Waals surface area (Å²) < 4.78 is 10.3. The van der Waals surface area contributed by atoms with Gasteiger partial charge in [-0.15, -0.1) is 0 Å². The molecule has 0 N–H and O–H groups in total. The lowest BCUT2D eigenvalue weighted by Crippen LogP contribution is -2.56. The smallest absolute Gasteiger partial charge is 0.375 e. The van der Waals surface area contributed by atoms with E-state index in [2.05, 4.69) is 306 Å². The first-order valence-corrected chi connectivity index (χ1v) is 29.3. The molecule has 11 aromatic rings. The number of hydrogen-bond acceptors (Lipinski definition) is 3. The van der Waals surface area contributed by atoms with Crippen molar-refractivity contribution in [1.82, 2.24) is 4.48 Å². The highest BCUT2D eigenvalue weighted by molar-refractivity contribution is 6.89. The fourth-order valence-corrected chi connectivity index (χ4v) is 12.8. The van der Waals surface area contributed by atoms with E-state index in [1.165, 1.54) is 88.6 Å². The first-order valence-electron chi connectivity index (χ1n) is 29.3. The van der Waals surface area contributed by atoms with Crippen LogP contribution < -0.4 is 20.9 Å². The third-order valence-corrected chi connectivity index (χ3v) is 17.6. The summed E-state index contributed by atoms with van der Waals surface area (Å²) in [5.41, 5.74) is 25.7. The molecule has 2 aliphatic heterocycles. The predicted molar refractivity (Wildman–Crippen MR) is 349 cm³/mol. The Kier molecular flexibility index (Phi) is 11.8. The molecule has 0 spiro atoms. The molecule has 0 fully saturated rings. The van der Waals surface area contributed by atoms with E-state index in [0.717, 1.165) is 50.6 Å². The van der Waals surface area contributed by atoms with E-state index < -0.39 is 0 Å². The van der Waals surface area contributed by atoms with Gasteiger partial charge in [-0.05, 0) is 155 Å². The molecule has 0 saturated heterocycles. The summed E-state index contributed by atoms with van der Waals surface area (Å²) in [7, 11) is 0. The van der Waals surface area contributed by atoms with Crippen LogP contribution in [-0.2, 0) is 27.1 Å². The highest BCUT2D eigenvalue weighted by Crippen LogP contribution is 2.54. The zero-order valence-electron chi connectivity index (χ0n) is 50.2. The minimum atomic E-state index is -0.301. The van der Waals surface area contributed by atoms with Crippen molar-refractivity contribution < 1.29 is 4.42 Å². The number of fused-ring (bicyclic) bond motifs is 9. The van der Waals surface area contributed by atoms with Crippen LogP contribution in [0.4, 0.5) is 34.1 Å². The van der Waals surface area contributed by atoms with Gasteiger partial charge in [0.15, 0.2) is 0 Å². The molecule has 9 aromatic carbocycles. The lowest BCUT2D eigenvalue weighted by atomic mass is 9.47. The molecule has 0 atom stereocenters. The zero-order chi connectivity index (χ0) is 56.9. The van der Waals surface area contributed by atoms with Gasteiger partial charge < -0.3 is 18.7 Å². The van der Waals surface area contributed by atoms with Crippen LogP contribution >= 0.6 is 0 Å².